The molecule has 0 amide bonds. The molecule has 26 heavy (non-hydrogen) atoms. The number of guanidine groups is 1. The Hall–Kier alpha value is -1.22. The highest BCUT2D eigenvalue weighted by Crippen LogP contribution is 2.26. The van der Waals surface area contributed by atoms with Gasteiger partial charge in [-0.3, -0.25) is 4.99 Å². The van der Waals surface area contributed by atoms with Crippen molar-refractivity contribution in [2.45, 2.75) is 32.3 Å². The van der Waals surface area contributed by atoms with Crippen LogP contribution < -0.4 is 20.1 Å². The van der Waals surface area contributed by atoms with Crippen molar-refractivity contribution in [2.75, 3.05) is 46.9 Å². The fraction of sp³-hybridized carbons (Fsp3) is 0.632. The van der Waals surface area contributed by atoms with Gasteiger partial charge in [0, 0.05) is 13.6 Å². The second-order valence-corrected chi connectivity index (χ2v) is 6.36. The second-order valence-electron chi connectivity index (χ2n) is 6.36. The molecule has 1 aliphatic heterocycles. The monoisotopic (exact) mass is 476 g/mol. The predicted octanol–water partition coefficient (Wildman–Crippen LogP) is 2.73. The minimum absolute atomic E-state index is 0. The van der Waals surface area contributed by atoms with Crippen LogP contribution in [0.1, 0.15) is 26.2 Å². The molecule has 1 aromatic carbocycles. The first-order valence-corrected chi connectivity index (χ1v) is 9.19. The normalized spacial score (nSPS) is 15.9. The van der Waals surface area contributed by atoms with E-state index in [1.165, 1.54) is 25.9 Å². The van der Waals surface area contributed by atoms with Crippen molar-refractivity contribution in [2.24, 2.45) is 4.99 Å². The molecule has 1 aromatic rings. The molecule has 1 aliphatic rings. The molecule has 7 heteroatoms. The van der Waals surface area contributed by atoms with Crippen molar-refractivity contribution in [3.05, 3.63) is 24.3 Å². The molecule has 0 aliphatic carbocycles. The molecule has 0 aromatic heterocycles. The summed E-state index contributed by atoms with van der Waals surface area (Å²) in [5.41, 5.74) is 0. The first-order chi connectivity index (χ1) is 12.2. The van der Waals surface area contributed by atoms with Crippen LogP contribution in [0.3, 0.4) is 0 Å². The van der Waals surface area contributed by atoms with E-state index in [0.29, 0.717) is 6.54 Å². The maximum absolute atomic E-state index is 5.95. The molecule has 0 saturated carbocycles. The predicted molar refractivity (Wildman–Crippen MR) is 118 cm³/mol. The van der Waals surface area contributed by atoms with Gasteiger partial charge < -0.3 is 25.0 Å². The molecule has 1 heterocycles. The van der Waals surface area contributed by atoms with Gasteiger partial charge in [0.2, 0.25) is 0 Å². The summed E-state index contributed by atoms with van der Waals surface area (Å²) in [5.74, 6) is 2.32. The highest BCUT2D eigenvalue weighted by Gasteiger charge is 2.11. The molecule has 1 saturated heterocycles. The fourth-order valence-corrected chi connectivity index (χ4v) is 2.95. The average molecular weight is 476 g/mol. The first-order valence-electron chi connectivity index (χ1n) is 9.19. The van der Waals surface area contributed by atoms with Gasteiger partial charge in [0.05, 0.1) is 13.7 Å². The van der Waals surface area contributed by atoms with E-state index in [1.54, 1.807) is 14.2 Å². The van der Waals surface area contributed by atoms with Crippen LogP contribution in [0.4, 0.5) is 0 Å². The average Bonchev–Trinajstić information content (AvgIpc) is 3.15. The third-order valence-corrected chi connectivity index (χ3v) is 4.32. The summed E-state index contributed by atoms with van der Waals surface area (Å²) in [6, 6.07) is 7.69. The minimum Gasteiger partial charge on any atom is -0.493 e. The lowest BCUT2D eigenvalue weighted by atomic mass is 10.3. The standard InChI is InChI=1S/C19H32N4O2.HI/c1-16(25-18-10-5-4-9-17(18)24-3)15-22-19(20-2)21-11-8-14-23-12-6-7-13-23;/h4-5,9-10,16H,6-8,11-15H2,1-3H3,(H2,20,21,22);1H. The van der Waals surface area contributed by atoms with Crippen molar-refractivity contribution in [1.29, 1.82) is 0 Å². The third kappa shape index (κ3) is 7.99. The van der Waals surface area contributed by atoms with Crippen molar-refractivity contribution in [1.82, 2.24) is 15.5 Å². The Morgan fingerprint density at radius 1 is 1.19 bits per heavy atom. The van der Waals surface area contributed by atoms with E-state index in [1.807, 2.05) is 31.2 Å². The molecule has 2 rings (SSSR count). The van der Waals surface area contributed by atoms with E-state index in [9.17, 15) is 0 Å². The molecule has 148 valence electrons. The molecule has 0 spiro atoms. The minimum atomic E-state index is -0.000509. The third-order valence-electron chi connectivity index (χ3n) is 4.32. The molecular formula is C19H33IN4O2. The van der Waals surface area contributed by atoms with Crippen molar-refractivity contribution in [3.8, 4) is 11.5 Å². The van der Waals surface area contributed by atoms with Crippen molar-refractivity contribution >= 4 is 29.9 Å². The zero-order valence-corrected chi connectivity index (χ0v) is 18.5. The van der Waals surface area contributed by atoms with E-state index in [2.05, 4.69) is 20.5 Å². The van der Waals surface area contributed by atoms with Crippen LogP contribution in [-0.4, -0.2) is 63.8 Å². The molecule has 0 bridgehead atoms. The molecule has 6 nitrogen and oxygen atoms in total. The number of nitrogens with one attached hydrogen (secondary N) is 2. The second kappa shape index (κ2) is 13.0. The lowest BCUT2D eigenvalue weighted by Gasteiger charge is -2.19. The Morgan fingerprint density at radius 3 is 2.54 bits per heavy atom. The van der Waals surface area contributed by atoms with Gasteiger partial charge in [0.25, 0.3) is 0 Å². The number of methoxy groups -OCH3 is 1. The number of hydrogen-bond donors (Lipinski definition) is 2. The van der Waals surface area contributed by atoms with Crippen LogP contribution in [0, 0.1) is 0 Å². The maximum Gasteiger partial charge on any atom is 0.191 e. The molecular weight excluding hydrogens is 443 g/mol. The van der Waals surface area contributed by atoms with E-state index in [4.69, 9.17) is 9.47 Å². The summed E-state index contributed by atoms with van der Waals surface area (Å²) < 4.78 is 11.3. The van der Waals surface area contributed by atoms with Crippen molar-refractivity contribution in [3.63, 3.8) is 0 Å². The van der Waals surface area contributed by atoms with Gasteiger partial charge in [-0.1, -0.05) is 12.1 Å². The summed E-state index contributed by atoms with van der Waals surface area (Å²) in [6.07, 6.45) is 3.83. The summed E-state index contributed by atoms with van der Waals surface area (Å²) >= 11 is 0. The van der Waals surface area contributed by atoms with Crippen LogP contribution in [0.25, 0.3) is 0 Å². The first kappa shape index (κ1) is 22.8. The van der Waals surface area contributed by atoms with Gasteiger partial charge in [-0.25, -0.2) is 0 Å². The quantitative estimate of drug-likeness (QED) is 0.249. The Kier molecular flexibility index (Phi) is 11.4. The van der Waals surface area contributed by atoms with Crippen LogP contribution in [-0.2, 0) is 0 Å². The van der Waals surface area contributed by atoms with Gasteiger partial charge in [0.15, 0.2) is 17.5 Å². The van der Waals surface area contributed by atoms with Crippen LogP contribution in [0.2, 0.25) is 0 Å². The number of nitrogens with zero attached hydrogens (tertiary/aromatic N) is 2. The SMILES string of the molecule is CN=C(NCCCN1CCCC1)NCC(C)Oc1ccccc1OC.I. The summed E-state index contributed by atoms with van der Waals surface area (Å²) in [7, 11) is 3.45. The smallest absolute Gasteiger partial charge is 0.191 e. The lowest BCUT2D eigenvalue weighted by molar-refractivity contribution is 0.213. The lowest BCUT2D eigenvalue weighted by Crippen LogP contribution is -2.42. The number of likely N-dealkylation sites (tertiary alicyclic amines) is 1. The van der Waals surface area contributed by atoms with Gasteiger partial charge >= 0.3 is 0 Å². The number of rotatable bonds is 9. The summed E-state index contributed by atoms with van der Waals surface area (Å²) in [4.78, 5) is 6.80. The fourth-order valence-electron chi connectivity index (χ4n) is 2.95. The van der Waals surface area contributed by atoms with Crippen LogP contribution in [0.5, 0.6) is 11.5 Å². The van der Waals surface area contributed by atoms with E-state index >= 15 is 0 Å². The highest BCUT2D eigenvalue weighted by molar-refractivity contribution is 14.0. The van der Waals surface area contributed by atoms with Crippen LogP contribution >= 0.6 is 24.0 Å². The van der Waals surface area contributed by atoms with E-state index in [0.717, 1.165) is 37.0 Å². The Balaban J connectivity index is 0.00000338. The Bertz CT molecular complexity index is 536. The molecule has 1 atom stereocenters. The number of aliphatic imine (C=N–C) groups is 1. The summed E-state index contributed by atoms with van der Waals surface area (Å²) in [6.45, 7) is 7.30. The van der Waals surface area contributed by atoms with Gasteiger partial charge in [-0.2, -0.15) is 0 Å². The maximum atomic E-state index is 5.95. The molecule has 1 fully saturated rings. The highest BCUT2D eigenvalue weighted by atomic mass is 127. The topological polar surface area (TPSA) is 58.1 Å². The summed E-state index contributed by atoms with van der Waals surface area (Å²) in [5, 5.41) is 6.68. The van der Waals surface area contributed by atoms with E-state index < -0.39 is 0 Å². The number of halogens is 1. The molecule has 0 radical (unpaired) electrons. The number of para-hydroxylation sites is 2. The Labute approximate surface area is 174 Å². The number of ether oxygens (including phenoxy) is 2. The zero-order valence-electron chi connectivity index (χ0n) is 16.2. The van der Waals surface area contributed by atoms with E-state index in [-0.39, 0.29) is 30.1 Å². The molecule has 1 unspecified atom stereocenters. The van der Waals surface area contributed by atoms with Gasteiger partial charge in [-0.15, -0.1) is 24.0 Å². The number of benzene rings is 1. The Morgan fingerprint density at radius 2 is 1.88 bits per heavy atom. The van der Waals surface area contributed by atoms with Gasteiger partial charge in [0.1, 0.15) is 6.10 Å². The molecule has 2 N–H and O–H groups in total. The zero-order chi connectivity index (χ0) is 17.9. The van der Waals surface area contributed by atoms with Crippen LogP contribution in [0.15, 0.2) is 29.3 Å². The van der Waals surface area contributed by atoms with Crippen molar-refractivity contribution < 1.29 is 9.47 Å². The van der Waals surface area contributed by atoms with Gasteiger partial charge in [-0.05, 0) is 58.0 Å². The number of hydrogen-bond acceptors (Lipinski definition) is 4. The largest absolute Gasteiger partial charge is 0.493 e.